The monoisotopic (exact) mass is 184 g/mol. The Labute approximate surface area is 65.3 Å². The number of rotatable bonds is 3. The standard InChI is InChI=1S/C4H12N2O4S/c1-4(2,5)3(7)6-11(8,9)10/h3,6-7H,5H2,1-2H3,(H,8,9,10). The zero-order valence-corrected chi connectivity index (χ0v) is 7.09. The maximum absolute atomic E-state index is 10.1. The van der Waals surface area contributed by atoms with E-state index < -0.39 is 22.1 Å². The molecule has 0 bridgehead atoms. The van der Waals surface area contributed by atoms with Gasteiger partial charge in [0, 0.05) is 0 Å². The number of aliphatic hydroxyl groups excluding tert-OH is 1. The van der Waals surface area contributed by atoms with Gasteiger partial charge in [0.05, 0.1) is 5.54 Å². The molecular weight excluding hydrogens is 172 g/mol. The van der Waals surface area contributed by atoms with Crippen LogP contribution in [0.25, 0.3) is 0 Å². The van der Waals surface area contributed by atoms with E-state index in [9.17, 15) is 8.42 Å². The van der Waals surface area contributed by atoms with Crippen molar-refractivity contribution < 1.29 is 18.1 Å². The molecule has 0 saturated carbocycles. The highest BCUT2D eigenvalue weighted by Crippen LogP contribution is 2.01. The van der Waals surface area contributed by atoms with Gasteiger partial charge in [-0.05, 0) is 13.8 Å². The lowest BCUT2D eigenvalue weighted by Crippen LogP contribution is -2.54. The van der Waals surface area contributed by atoms with Gasteiger partial charge in [-0.1, -0.05) is 0 Å². The van der Waals surface area contributed by atoms with Crippen molar-refractivity contribution in [3.8, 4) is 0 Å². The van der Waals surface area contributed by atoms with Crippen LogP contribution in [0.1, 0.15) is 13.8 Å². The van der Waals surface area contributed by atoms with Crippen molar-refractivity contribution in [2.75, 3.05) is 0 Å². The van der Waals surface area contributed by atoms with Crippen LogP contribution in [0.3, 0.4) is 0 Å². The van der Waals surface area contributed by atoms with Gasteiger partial charge in [0.15, 0.2) is 0 Å². The largest absolute Gasteiger partial charge is 0.376 e. The summed E-state index contributed by atoms with van der Waals surface area (Å²) in [6.45, 7) is 2.83. The van der Waals surface area contributed by atoms with E-state index in [1.807, 2.05) is 0 Å². The molecule has 0 aliphatic carbocycles. The number of hydrogen-bond donors (Lipinski definition) is 4. The average molecular weight is 184 g/mol. The molecule has 0 amide bonds. The molecule has 0 spiro atoms. The van der Waals surface area contributed by atoms with Gasteiger partial charge < -0.3 is 10.8 Å². The van der Waals surface area contributed by atoms with Crippen LogP contribution in [0.5, 0.6) is 0 Å². The minimum atomic E-state index is -4.39. The third-order valence-electron chi connectivity index (χ3n) is 0.965. The molecule has 0 saturated heterocycles. The van der Waals surface area contributed by atoms with Crippen LogP contribution in [0.2, 0.25) is 0 Å². The Morgan fingerprint density at radius 2 is 1.91 bits per heavy atom. The molecule has 7 heteroatoms. The number of nitrogens with one attached hydrogen (secondary N) is 1. The lowest BCUT2D eigenvalue weighted by atomic mass is 10.1. The summed E-state index contributed by atoms with van der Waals surface area (Å²) in [7, 11) is -4.39. The minimum Gasteiger partial charge on any atom is -0.376 e. The third-order valence-corrected chi connectivity index (χ3v) is 1.49. The summed E-state index contributed by atoms with van der Waals surface area (Å²) in [4.78, 5) is 0. The maximum atomic E-state index is 10.1. The van der Waals surface area contributed by atoms with Gasteiger partial charge in [-0.3, -0.25) is 4.55 Å². The van der Waals surface area contributed by atoms with Crippen molar-refractivity contribution >= 4 is 10.3 Å². The lowest BCUT2D eigenvalue weighted by Gasteiger charge is -2.24. The van der Waals surface area contributed by atoms with Gasteiger partial charge in [-0.15, -0.1) is 0 Å². The SMILES string of the molecule is CC(C)(N)C(O)NS(=O)(=O)O. The lowest BCUT2D eigenvalue weighted by molar-refractivity contribution is 0.0910. The third kappa shape index (κ3) is 5.10. The predicted molar refractivity (Wildman–Crippen MR) is 39.0 cm³/mol. The number of nitrogens with two attached hydrogens (primary N) is 1. The van der Waals surface area contributed by atoms with E-state index in [0.29, 0.717) is 0 Å². The summed E-state index contributed by atoms with van der Waals surface area (Å²) >= 11 is 0. The molecule has 0 aliphatic heterocycles. The molecule has 0 aromatic carbocycles. The maximum Gasteiger partial charge on any atom is 0.335 e. The molecule has 6 nitrogen and oxygen atoms in total. The van der Waals surface area contributed by atoms with Gasteiger partial charge in [0.1, 0.15) is 6.23 Å². The Kier molecular flexibility index (Phi) is 2.98. The molecule has 0 aromatic rings. The second-order valence-electron chi connectivity index (χ2n) is 2.82. The van der Waals surface area contributed by atoms with Crippen molar-refractivity contribution in [1.29, 1.82) is 0 Å². The van der Waals surface area contributed by atoms with Crippen molar-refractivity contribution in [3.05, 3.63) is 0 Å². The second kappa shape index (κ2) is 3.03. The van der Waals surface area contributed by atoms with Gasteiger partial charge in [0.2, 0.25) is 0 Å². The fourth-order valence-electron chi connectivity index (χ4n) is 0.293. The van der Waals surface area contributed by atoms with Crippen molar-refractivity contribution in [1.82, 2.24) is 4.72 Å². The summed E-state index contributed by atoms with van der Waals surface area (Å²) in [6.07, 6.45) is -1.50. The molecule has 1 unspecified atom stereocenters. The zero-order chi connectivity index (χ0) is 9.28. The first kappa shape index (κ1) is 10.8. The van der Waals surface area contributed by atoms with Gasteiger partial charge >= 0.3 is 10.3 Å². The highest BCUT2D eigenvalue weighted by atomic mass is 32.2. The Morgan fingerprint density at radius 3 is 2.00 bits per heavy atom. The Balaban J connectivity index is 4.21. The van der Waals surface area contributed by atoms with E-state index >= 15 is 0 Å². The zero-order valence-electron chi connectivity index (χ0n) is 6.27. The van der Waals surface area contributed by atoms with Crippen LogP contribution in [0, 0.1) is 0 Å². The first-order valence-corrected chi connectivity index (χ1v) is 4.28. The summed E-state index contributed by atoms with van der Waals surface area (Å²) in [5.41, 5.74) is 4.17. The first-order valence-electron chi connectivity index (χ1n) is 2.84. The fraction of sp³-hybridized carbons (Fsp3) is 1.00. The molecule has 0 aliphatic rings. The van der Waals surface area contributed by atoms with E-state index in [0.717, 1.165) is 0 Å². The minimum absolute atomic E-state index is 1.13. The topological polar surface area (TPSA) is 113 Å². The molecule has 0 aromatic heterocycles. The highest BCUT2D eigenvalue weighted by Gasteiger charge is 2.25. The molecule has 0 rings (SSSR count). The van der Waals surface area contributed by atoms with E-state index in [2.05, 4.69) is 0 Å². The van der Waals surface area contributed by atoms with Crippen LogP contribution >= 0.6 is 0 Å². The molecule has 0 fully saturated rings. The molecule has 11 heavy (non-hydrogen) atoms. The van der Waals surface area contributed by atoms with Crippen LogP contribution in [0.4, 0.5) is 0 Å². The highest BCUT2D eigenvalue weighted by molar-refractivity contribution is 7.83. The summed E-state index contributed by atoms with van der Waals surface area (Å²) in [5, 5.41) is 8.95. The van der Waals surface area contributed by atoms with Crippen molar-refractivity contribution in [2.45, 2.75) is 25.6 Å². The van der Waals surface area contributed by atoms with Crippen LogP contribution in [-0.4, -0.2) is 29.8 Å². The molecule has 68 valence electrons. The molecule has 0 heterocycles. The number of aliphatic hydroxyl groups is 1. The Morgan fingerprint density at radius 1 is 1.55 bits per heavy atom. The summed E-state index contributed by atoms with van der Waals surface area (Å²) in [6, 6.07) is 0. The predicted octanol–water partition coefficient (Wildman–Crippen LogP) is -1.57. The smallest absolute Gasteiger partial charge is 0.335 e. The molecular formula is C4H12N2O4S. The van der Waals surface area contributed by atoms with Crippen LogP contribution in [0.15, 0.2) is 0 Å². The average Bonchev–Trinajstić information content (AvgIpc) is 1.56. The molecule has 0 radical (unpaired) electrons. The van der Waals surface area contributed by atoms with Crippen LogP contribution < -0.4 is 10.5 Å². The quantitative estimate of drug-likeness (QED) is 0.313. The first-order chi connectivity index (χ1) is 4.63. The Hall–Kier alpha value is -0.210. The molecule has 1 atom stereocenters. The van der Waals surface area contributed by atoms with Crippen molar-refractivity contribution in [3.63, 3.8) is 0 Å². The normalized spacial score (nSPS) is 16.5. The van der Waals surface area contributed by atoms with Gasteiger partial charge in [0.25, 0.3) is 0 Å². The Bertz CT molecular complexity index is 217. The summed E-state index contributed by atoms with van der Waals surface area (Å²) < 4.78 is 29.9. The fourth-order valence-corrected chi connectivity index (χ4v) is 0.879. The van der Waals surface area contributed by atoms with E-state index in [1.165, 1.54) is 18.6 Å². The van der Waals surface area contributed by atoms with E-state index in [1.54, 1.807) is 0 Å². The van der Waals surface area contributed by atoms with Crippen LogP contribution in [-0.2, 0) is 10.3 Å². The number of hydrogen-bond acceptors (Lipinski definition) is 4. The van der Waals surface area contributed by atoms with E-state index in [4.69, 9.17) is 15.4 Å². The van der Waals surface area contributed by atoms with E-state index in [-0.39, 0.29) is 0 Å². The van der Waals surface area contributed by atoms with Crippen molar-refractivity contribution in [2.24, 2.45) is 5.73 Å². The molecule has 5 N–H and O–H groups in total. The summed E-state index contributed by atoms with van der Waals surface area (Å²) in [5.74, 6) is 0. The van der Waals surface area contributed by atoms with Gasteiger partial charge in [-0.25, -0.2) is 0 Å². The second-order valence-corrected chi connectivity index (χ2v) is 4.00. The van der Waals surface area contributed by atoms with Gasteiger partial charge in [-0.2, -0.15) is 13.1 Å².